The number of thiocarbonyl (C=S) groups is 1. The molecule has 0 spiro atoms. The fourth-order valence-corrected chi connectivity index (χ4v) is 0.487. The molecule has 0 fully saturated rings. The van der Waals surface area contributed by atoms with Gasteiger partial charge in [0, 0.05) is 0 Å². The van der Waals surface area contributed by atoms with Crippen LogP contribution in [0.4, 0.5) is 0 Å². The van der Waals surface area contributed by atoms with Gasteiger partial charge < -0.3 is 4.74 Å². The van der Waals surface area contributed by atoms with Crippen LogP contribution in [-0.4, -0.2) is 11.0 Å². The Bertz CT molecular complexity index is 117. The quantitative estimate of drug-likeness (QED) is 0.435. The standard InChI is InChI=1S/C5H5OS/c1-4-5(7)2-3-6-4/h2-4H,1H2. The Labute approximate surface area is 48.0 Å². The van der Waals surface area contributed by atoms with Crippen LogP contribution in [0.1, 0.15) is 0 Å². The summed E-state index contributed by atoms with van der Waals surface area (Å²) in [5, 5.41) is 0. The highest BCUT2D eigenvalue weighted by atomic mass is 32.1. The van der Waals surface area contributed by atoms with Crippen molar-refractivity contribution in [3.8, 4) is 0 Å². The maximum Gasteiger partial charge on any atom is 0.133 e. The van der Waals surface area contributed by atoms with Crippen molar-refractivity contribution in [2.75, 3.05) is 0 Å². The largest absolute Gasteiger partial charge is 0.492 e. The number of hydrogen-bond donors (Lipinski definition) is 0. The number of hydrogen-bond acceptors (Lipinski definition) is 2. The van der Waals surface area contributed by atoms with E-state index in [1.54, 1.807) is 12.3 Å². The van der Waals surface area contributed by atoms with E-state index in [-0.39, 0.29) is 6.10 Å². The Morgan fingerprint density at radius 1 is 1.86 bits per heavy atom. The summed E-state index contributed by atoms with van der Waals surface area (Å²) in [6, 6.07) is 0. The third-order valence-electron chi connectivity index (χ3n) is 0.792. The van der Waals surface area contributed by atoms with Crippen LogP contribution >= 0.6 is 12.2 Å². The van der Waals surface area contributed by atoms with Gasteiger partial charge in [0.25, 0.3) is 0 Å². The van der Waals surface area contributed by atoms with Crippen molar-refractivity contribution in [3.63, 3.8) is 0 Å². The summed E-state index contributed by atoms with van der Waals surface area (Å²) < 4.78 is 4.83. The van der Waals surface area contributed by atoms with E-state index in [0.29, 0.717) is 0 Å². The average molecular weight is 113 g/mol. The lowest BCUT2D eigenvalue weighted by molar-refractivity contribution is 0.256. The van der Waals surface area contributed by atoms with Crippen LogP contribution in [0, 0.1) is 6.92 Å². The predicted molar refractivity (Wildman–Crippen MR) is 32.0 cm³/mol. The molecular formula is C5H5OS. The van der Waals surface area contributed by atoms with Gasteiger partial charge in [-0.2, -0.15) is 0 Å². The van der Waals surface area contributed by atoms with Crippen LogP contribution in [0.3, 0.4) is 0 Å². The highest BCUT2D eigenvalue weighted by Crippen LogP contribution is 2.03. The summed E-state index contributed by atoms with van der Waals surface area (Å²) in [6.07, 6.45) is 3.20. The van der Waals surface area contributed by atoms with E-state index in [1.165, 1.54) is 0 Å². The molecule has 7 heavy (non-hydrogen) atoms. The maximum absolute atomic E-state index is 4.83. The first-order valence-electron chi connectivity index (χ1n) is 1.99. The SMILES string of the molecule is [CH2]C1OC=CC1=S. The van der Waals surface area contributed by atoms with E-state index in [2.05, 4.69) is 6.92 Å². The smallest absolute Gasteiger partial charge is 0.133 e. The summed E-state index contributed by atoms with van der Waals surface area (Å²) in [5.41, 5.74) is 0. The molecule has 2 heteroatoms. The molecule has 37 valence electrons. The normalized spacial score (nSPS) is 28.1. The van der Waals surface area contributed by atoms with Crippen LogP contribution in [0.5, 0.6) is 0 Å². The first kappa shape index (κ1) is 4.78. The molecule has 1 radical (unpaired) electrons. The van der Waals surface area contributed by atoms with Crippen LogP contribution in [0.25, 0.3) is 0 Å². The molecule has 0 aliphatic carbocycles. The minimum atomic E-state index is -0.116. The third-order valence-corrected chi connectivity index (χ3v) is 1.19. The van der Waals surface area contributed by atoms with Crippen LogP contribution in [-0.2, 0) is 4.74 Å². The molecule has 1 nitrogen and oxygen atoms in total. The zero-order chi connectivity index (χ0) is 5.28. The summed E-state index contributed by atoms with van der Waals surface area (Å²) in [4.78, 5) is 0.778. The zero-order valence-corrected chi connectivity index (χ0v) is 4.57. The molecular weight excluding hydrogens is 108 g/mol. The number of ether oxygens (including phenoxy) is 1. The number of rotatable bonds is 0. The van der Waals surface area contributed by atoms with E-state index in [4.69, 9.17) is 17.0 Å². The van der Waals surface area contributed by atoms with Gasteiger partial charge in [0.05, 0.1) is 11.1 Å². The second kappa shape index (κ2) is 1.62. The van der Waals surface area contributed by atoms with Crippen LogP contribution < -0.4 is 0 Å². The monoisotopic (exact) mass is 113 g/mol. The van der Waals surface area contributed by atoms with Crippen molar-refractivity contribution in [1.29, 1.82) is 0 Å². The molecule has 0 saturated carbocycles. The molecule has 1 aliphatic rings. The Balaban J connectivity index is 2.62. The Hall–Kier alpha value is -0.370. The van der Waals surface area contributed by atoms with Crippen LogP contribution in [0.15, 0.2) is 12.3 Å². The molecule has 0 bridgehead atoms. The fraction of sp³-hybridized carbons (Fsp3) is 0.200. The van der Waals surface area contributed by atoms with Crippen molar-refractivity contribution in [1.82, 2.24) is 0 Å². The predicted octanol–water partition coefficient (Wildman–Crippen LogP) is 1.10. The molecule has 0 aromatic carbocycles. The highest BCUT2D eigenvalue weighted by Gasteiger charge is 2.09. The van der Waals surface area contributed by atoms with Crippen molar-refractivity contribution in [2.45, 2.75) is 6.10 Å². The topological polar surface area (TPSA) is 9.23 Å². The summed E-state index contributed by atoms with van der Waals surface area (Å²) >= 11 is 4.77. The average Bonchev–Trinajstić information content (AvgIpc) is 1.91. The first-order chi connectivity index (χ1) is 3.30. The summed E-state index contributed by atoms with van der Waals surface area (Å²) in [7, 11) is 0. The molecule has 0 aromatic heterocycles. The van der Waals surface area contributed by atoms with Gasteiger partial charge in [0.1, 0.15) is 6.10 Å². The molecule has 1 atom stereocenters. The fourth-order valence-electron chi connectivity index (χ4n) is 0.376. The lowest BCUT2D eigenvalue weighted by atomic mass is 10.3. The van der Waals surface area contributed by atoms with Crippen LogP contribution in [0.2, 0.25) is 0 Å². The van der Waals surface area contributed by atoms with Crippen molar-refractivity contribution in [3.05, 3.63) is 19.3 Å². The van der Waals surface area contributed by atoms with Crippen molar-refractivity contribution >= 4 is 17.1 Å². The molecule has 0 N–H and O–H groups in total. The molecule has 1 rings (SSSR count). The minimum absolute atomic E-state index is 0.116. The van der Waals surface area contributed by atoms with Gasteiger partial charge in [-0.05, 0) is 13.0 Å². The summed E-state index contributed by atoms with van der Waals surface area (Å²) in [6.45, 7) is 3.59. The molecule has 0 saturated heterocycles. The van der Waals surface area contributed by atoms with E-state index in [9.17, 15) is 0 Å². The summed E-state index contributed by atoms with van der Waals surface area (Å²) in [5.74, 6) is 0. The molecule has 1 heterocycles. The highest BCUT2D eigenvalue weighted by molar-refractivity contribution is 7.80. The van der Waals surface area contributed by atoms with Gasteiger partial charge >= 0.3 is 0 Å². The van der Waals surface area contributed by atoms with Gasteiger partial charge in [-0.1, -0.05) is 12.2 Å². The first-order valence-corrected chi connectivity index (χ1v) is 2.40. The second-order valence-corrected chi connectivity index (χ2v) is 1.80. The third kappa shape index (κ3) is 0.800. The van der Waals surface area contributed by atoms with Gasteiger partial charge in [-0.25, -0.2) is 0 Å². The van der Waals surface area contributed by atoms with Crippen molar-refractivity contribution < 1.29 is 4.74 Å². The lowest BCUT2D eigenvalue weighted by Gasteiger charge is -1.98. The molecule has 0 aromatic rings. The molecule has 1 unspecified atom stereocenters. The van der Waals surface area contributed by atoms with E-state index in [0.717, 1.165) is 4.86 Å². The van der Waals surface area contributed by atoms with E-state index >= 15 is 0 Å². The van der Waals surface area contributed by atoms with E-state index in [1.807, 2.05) is 0 Å². The maximum atomic E-state index is 4.83. The Morgan fingerprint density at radius 2 is 2.57 bits per heavy atom. The second-order valence-electron chi connectivity index (χ2n) is 1.33. The molecule has 1 aliphatic heterocycles. The van der Waals surface area contributed by atoms with Crippen molar-refractivity contribution in [2.24, 2.45) is 0 Å². The zero-order valence-electron chi connectivity index (χ0n) is 3.76. The van der Waals surface area contributed by atoms with Gasteiger partial charge in [0.2, 0.25) is 0 Å². The van der Waals surface area contributed by atoms with Gasteiger partial charge in [0.15, 0.2) is 0 Å². The lowest BCUT2D eigenvalue weighted by Crippen LogP contribution is -2.07. The minimum Gasteiger partial charge on any atom is -0.492 e. The van der Waals surface area contributed by atoms with Gasteiger partial charge in [-0.15, -0.1) is 0 Å². The Morgan fingerprint density at radius 3 is 2.71 bits per heavy atom. The Kier molecular flexibility index (Phi) is 1.11. The van der Waals surface area contributed by atoms with Gasteiger partial charge in [-0.3, -0.25) is 0 Å². The van der Waals surface area contributed by atoms with E-state index < -0.39 is 0 Å². The molecule has 0 amide bonds.